The zero-order chi connectivity index (χ0) is 11.6. The number of aromatic nitrogens is 1. The molecule has 0 fully saturated rings. The molecule has 0 saturated heterocycles. The largest absolute Gasteiger partial charge is 0.381 e. The Morgan fingerprint density at radius 1 is 1.53 bits per heavy atom. The van der Waals surface area contributed by atoms with Gasteiger partial charge in [0.15, 0.2) is 21.4 Å². The van der Waals surface area contributed by atoms with Crippen molar-refractivity contribution in [2.24, 2.45) is 0 Å². The highest BCUT2D eigenvalue weighted by atomic mass is 32.2. The van der Waals surface area contributed by atoms with Gasteiger partial charge in [0, 0.05) is 11.8 Å². The van der Waals surface area contributed by atoms with Crippen LogP contribution >= 0.6 is 0 Å². The number of rotatable bonds is 4. The molecule has 5 nitrogen and oxygen atoms in total. The number of hydrogen-bond donors (Lipinski definition) is 1. The third-order valence-electron chi connectivity index (χ3n) is 2.36. The Morgan fingerprint density at radius 3 is 2.60 bits per heavy atom. The summed E-state index contributed by atoms with van der Waals surface area (Å²) in [5, 5.41) is 2.92. The molecule has 0 aliphatic heterocycles. The van der Waals surface area contributed by atoms with Crippen LogP contribution in [-0.4, -0.2) is 19.8 Å². The van der Waals surface area contributed by atoms with Crippen molar-refractivity contribution in [3.63, 3.8) is 0 Å². The van der Waals surface area contributed by atoms with Crippen molar-refractivity contribution in [3.8, 4) is 0 Å². The number of sulfone groups is 1. The van der Waals surface area contributed by atoms with Crippen molar-refractivity contribution in [1.82, 2.24) is 5.16 Å². The molecule has 1 aromatic rings. The molecule has 0 amide bonds. The fourth-order valence-electron chi connectivity index (χ4n) is 1.35. The average Bonchev–Trinajstić information content (AvgIpc) is 2.46. The Balaban J connectivity index is 3.15. The number of nitrogens with two attached hydrogens (primary N) is 1. The van der Waals surface area contributed by atoms with Gasteiger partial charge in [-0.15, -0.1) is 0 Å². The summed E-state index contributed by atoms with van der Waals surface area (Å²) in [7, 11) is -3.17. The maximum Gasteiger partial charge on any atom is 0.170 e. The summed E-state index contributed by atoms with van der Waals surface area (Å²) in [4.78, 5) is 0. The predicted molar refractivity (Wildman–Crippen MR) is 58.2 cm³/mol. The summed E-state index contributed by atoms with van der Waals surface area (Å²) in [5.74, 6) is 0.666. The second-order valence-electron chi connectivity index (χ2n) is 3.63. The Kier molecular flexibility index (Phi) is 3.38. The first-order valence-electron chi connectivity index (χ1n) is 4.80. The van der Waals surface area contributed by atoms with Gasteiger partial charge in [0.05, 0.1) is 0 Å². The number of nitrogens with zero attached hydrogens (tertiary/aromatic N) is 1. The van der Waals surface area contributed by atoms with Gasteiger partial charge in [0.25, 0.3) is 0 Å². The molecule has 6 heteroatoms. The molecule has 0 aliphatic carbocycles. The Morgan fingerprint density at radius 2 is 2.13 bits per heavy atom. The molecule has 1 heterocycles. The SMILES string of the molecule is CCCc1c(N)noc1C(C)S(C)(=O)=O. The number of anilines is 1. The first-order chi connectivity index (χ1) is 6.88. The molecule has 86 valence electrons. The lowest BCUT2D eigenvalue weighted by atomic mass is 10.1. The van der Waals surface area contributed by atoms with Crippen LogP contribution in [-0.2, 0) is 16.3 Å². The summed E-state index contributed by atoms with van der Waals surface area (Å²) >= 11 is 0. The second kappa shape index (κ2) is 4.22. The van der Waals surface area contributed by atoms with E-state index < -0.39 is 15.1 Å². The maximum atomic E-state index is 11.4. The van der Waals surface area contributed by atoms with Crippen LogP contribution in [0.3, 0.4) is 0 Å². The molecule has 0 bridgehead atoms. The van der Waals surface area contributed by atoms with Crippen LogP contribution in [0.4, 0.5) is 5.82 Å². The number of nitrogen functional groups attached to an aromatic ring is 1. The highest BCUT2D eigenvalue weighted by Crippen LogP contribution is 2.28. The van der Waals surface area contributed by atoms with E-state index in [1.54, 1.807) is 6.92 Å². The van der Waals surface area contributed by atoms with E-state index in [4.69, 9.17) is 10.3 Å². The minimum atomic E-state index is -3.17. The molecule has 0 saturated carbocycles. The smallest absolute Gasteiger partial charge is 0.170 e. The highest BCUT2D eigenvalue weighted by molar-refractivity contribution is 7.90. The molecule has 1 unspecified atom stereocenters. The molecular formula is C9H16N2O3S. The molecule has 0 aliphatic rings. The van der Waals surface area contributed by atoms with Gasteiger partial charge in [0.1, 0.15) is 5.25 Å². The standard InChI is InChI=1S/C9H16N2O3S/c1-4-5-7-8(14-11-9(7)10)6(2)15(3,12)13/h6H,4-5H2,1-3H3,(H2,10,11). The van der Waals surface area contributed by atoms with Crippen molar-refractivity contribution in [1.29, 1.82) is 0 Å². The van der Waals surface area contributed by atoms with E-state index in [1.165, 1.54) is 6.26 Å². The quantitative estimate of drug-likeness (QED) is 0.845. The molecule has 0 radical (unpaired) electrons. The van der Waals surface area contributed by atoms with Gasteiger partial charge in [-0.3, -0.25) is 0 Å². The van der Waals surface area contributed by atoms with E-state index in [9.17, 15) is 8.42 Å². The molecule has 1 rings (SSSR count). The van der Waals surface area contributed by atoms with Gasteiger partial charge in [-0.2, -0.15) is 0 Å². The van der Waals surface area contributed by atoms with Gasteiger partial charge >= 0.3 is 0 Å². The van der Waals surface area contributed by atoms with Crippen LogP contribution in [0.2, 0.25) is 0 Å². The van der Waals surface area contributed by atoms with Crippen molar-refractivity contribution >= 4 is 15.7 Å². The lowest BCUT2D eigenvalue weighted by Gasteiger charge is -2.07. The fourth-order valence-corrected chi connectivity index (χ4v) is 1.92. The van der Waals surface area contributed by atoms with Crippen LogP contribution in [0.5, 0.6) is 0 Å². The van der Waals surface area contributed by atoms with Gasteiger partial charge in [-0.25, -0.2) is 8.42 Å². The summed E-state index contributed by atoms with van der Waals surface area (Å²) in [5.41, 5.74) is 6.33. The number of hydrogen-bond acceptors (Lipinski definition) is 5. The Hall–Kier alpha value is -1.04. The summed E-state index contributed by atoms with van der Waals surface area (Å²) in [6, 6.07) is 0. The van der Waals surface area contributed by atoms with Crippen molar-refractivity contribution in [2.75, 3.05) is 12.0 Å². The molecule has 1 atom stereocenters. The Bertz CT molecular complexity index is 436. The molecule has 0 aromatic carbocycles. The van der Waals surface area contributed by atoms with Crippen LogP contribution in [0.1, 0.15) is 36.8 Å². The van der Waals surface area contributed by atoms with Gasteiger partial charge in [-0.05, 0) is 13.3 Å². The van der Waals surface area contributed by atoms with E-state index in [1.807, 2.05) is 6.92 Å². The Labute approximate surface area is 89.6 Å². The first-order valence-corrected chi connectivity index (χ1v) is 6.76. The van der Waals surface area contributed by atoms with E-state index in [0.29, 0.717) is 18.0 Å². The third kappa shape index (κ3) is 2.50. The summed E-state index contributed by atoms with van der Waals surface area (Å²) in [6.45, 7) is 3.57. The van der Waals surface area contributed by atoms with Gasteiger partial charge in [-0.1, -0.05) is 18.5 Å². The molecule has 2 N–H and O–H groups in total. The van der Waals surface area contributed by atoms with Crippen molar-refractivity contribution < 1.29 is 12.9 Å². The third-order valence-corrected chi connectivity index (χ3v) is 3.86. The van der Waals surface area contributed by atoms with Crippen molar-refractivity contribution in [2.45, 2.75) is 31.9 Å². The zero-order valence-electron chi connectivity index (χ0n) is 9.15. The minimum absolute atomic E-state index is 0.294. The van der Waals surface area contributed by atoms with Crippen LogP contribution in [0.15, 0.2) is 4.52 Å². The van der Waals surface area contributed by atoms with E-state index in [-0.39, 0.29) is 0 Å². The molecule has 0 spiro atoms. The van der Waals surface area contributed by atoms with Gasteiger partial charge in [0.2, 0.25) is 0 Å². The second-order valence-corrected chi connectivity index (χ2v) is 6.00. The molecule has 15 heavy (non-hydrogen) atoms. The molecular weight excluding hydrogens is 216 g/mol. The monoisotopic (exact) mass is 232 g/mol. The lowest BCUT2D eigenvalue weighted by Crippen LogP contribution is -2.09. The van der Waals surface area contributed by atoms with Gasteiger partial charge < -0.3 is 10.3 Å². The van der Waals surface area contributed by atoms with E-state index in [2.05, 4.69) is 5.16 Å². The lowest BCUT2D eigenvalue weighted by molar-refractivity contribution is 0.382. The van der Waals surface area contributed by atoms with E-state index in [0.717, 1.165) is 12.0 Å². The normalized spacial score (nSPS) is 14.1. The minimum Gasteiger partial charge on any atom is -0.381 e. The fraction of sp³-hybridized carbons (Fsp3) is 0.667. The van der Waals surface area contributed by atoms with Crippen LogP contribution < -0.4 is 5.73 Å². The summed E-state index contributed by atoms with van der Waals surface area (Å²) in [6.07, 6.45) is 2.73. The first kappa shape index (κ1) is 12.0. The van der Waals surface area contributed by atoms with Crippen LogP contribution in [0.25, 0.3) is 0 Å². The van der Waals surface area contributed by atoms with Crippen LogP contribution in [0, 0.1) is 0 Å². The predicted octanol–water partition coefficient (Wildman–Crippen LogP) is 1.31. The zero-order valence-corrected chi connectivity index (χ0v) is 9.97. The topological polar surface area (TPSA) is 86.2 Å². The van der Waals surface area contributed by atoms with E-state index >= 15 is 0 Å². The average molecular weight is 232 g/mol. The van der Waals surface area contributed by atoms with Crippen molar-refractivity contribution in [3.05, 3.63) is 11.3 Å². The maximum absolute atomic E-state index is 11.4. The molecule has 1 aromatic heterocycles. The highest BCUT2D eigenvalue weighted by Gasteiger charge is 2.26. The summed E-state index contributed by atoms with van der Waals surface area (Å²) < 4.78 is 27.7.